The molecule has 7 heteroatoms. The highest BCUT2D eigenvalue weighted by molar-refractivity contribution is 5.63. The zero-order valence-corrected chi connectivity index (χ0v) is 6.21. The molecule has 0 saturated heterocycles. The number of aliphatic carboxylic acids is 2. The lowest BCUT2D eigenvalue weighted by Gasteiger charge is -1.59. The van der Waals surface area contributed by atoms with E-state index in [1.807, 2.05) is 0 Å². The molecule has 0 aromatic rings. The summed E-state index contributed by atoms with van der Waals surface area (Å²) in [6.45, 7) is 2.17. The molecule has 0 radical (unpaired) electrons. The van der Waals surface area contributed by atoms with Gasteiger partial charge in [-0.1, -0.05) is 0 Å². The van der Waals surface area contributed by atoms with Crippen LogP contribution in [0.3, 0.4) is 0 Å². The van der Waals surface area contributed by atoms with E-state index in [-0.39, 0.29) is 16.4 Å². The van der Waals surface area contributed by atoms with Crippen LogP contribution in [-0.4, -0.2) is 38.6 Å². The lowest BCUT2D eigenvalue weighted by atomic mass is 10.9. The van der Waals surface area contributed by atoms with Gasteiger partial charge in [0.15, 0.2) is 0 Å². The van der Waals surface area contributed by atoms with Crippen molar-refractivity contribution in [3.05, 3.63) is 0 Å². The van der Waals surface area contributed by atoms with Crippen LogP contribution in [0.1, 0.15) is 13.8 Å². The Labute approximate surface area is 63.2 Å². The Morgan fingerprint density at radius 1 is 0.818 bits per heavy atom. The highest BCUT2D eigenvalue weighted by atomic mass is 16.4. The second-order valence-corrected chi connectivity index (χ2v) is 1.04. The first-order chi connectivity index (χ1) is 3.46. The van der Waals surface area contributed by atoms with Crippen LogP contribution in [-0.2, 0) is 9.59 Å². The van der Waals surface area contributed by atoms with Crippen molar-refractivity contribution >= 4 is 11.9 Å². The SMILES string of the molecule is CC(=O)O.CC(=O)O.O.O.O. The Morgan fingerprint density at radius 3 is 0.818 bits per heavy atom. The van der Waals surface area contributed by atoms with Crippen molar-refractivity contribution in [2.24, 2.45) is 0 Å². The maximum absolute atomic E-state index is 9.00. The first-order valence-corrected chi connectivity index (χ1v) is 1.86. The van der Waals surface area contributed by atoms with Crippen LogP contribution in [0.2, 0.25) is 0 Å². The smallest absolute Gasteiger partial charge is 0.300 e. The monoisotopic (exact) mass is 174 g/mol. The molecule has 0 heterocycles. The molecule has 0 atom stereocenters. The average molecular weight is 174 g/mol. The van der Waals surface area contributed by atoms with E-state index in [4.69, 9.17) is 19.8 Å². The lowest BCUT2D eigenvalue weighted by Crippen LogP contribution is -1.78. The molecule has 0 aliphatic rings. The third-order valence-corrected chi connectivity index (χ3v) is 0. The van der Waals surface area contributed by atoms with Crippen molar-refractivity contribution in [3.63, 3.8) is 0 Å². The summed E-state index contributed by atoms with van der Waals surface area (Å²) in [5, 5.41) is 14.8. The molecule has 72 valence electrons. The Balaban J connectivity index is -0.0000000171. The van der Waals surface area contributed by atoms with Gasteiger partial charge in [-0.15, -0.1) is 0 Å². The summed E-state index contributed by atoms with van der Waals surface area (Å²) in [6.07, 6.45) is 0. The van der Waals surface area contributed by atoms with E-state index in [1.54, 1.807) is 0 Å². The highest BCUT2D eigenvalue weighted by Crippen LogP contribution is 1.42. The van der Waals surface area contributed by atoms with Crippen LogP contribution in [0.4, 0.5) is 0 Å². The molecular weight excluding hydrogens is 160 g/mol. The molecular formula is C4H14O7. The standard InChI is InChI=1S/2C2H4O2.3H2O/c2*1-2(3)4;;;/h2*1H3,(H,3,4);3*1H2. The molecule has 8 N–H and O–H groups in total. The minimum Gasteiger partial charge on any atom is -0.481 e. The fourth-order valence-electron chi connectivity index (χ4n) is 0. The highest BCUT2D eigenvalue weighted by Gasteiger charge is 1.65. The second-order valence-electron chi connectivity index (χ2n) is 1.04. The summed E-state index contributed by atoms with van der Waals surface area (Å²) in [5.41, 5.74) is 0. The summed E-state index contributed by atoms with van der Waals surface area (Å²) < 4.78 is 0. The Bertz CT molecular complexity index is 68.4. The van der Waals surface area contributed by atoms with Crippen LogP contribution < -0.4 is 0 Å². The van der Waals surface area contributed by atoms with Crippen LogP contribution in [0.25, 0.3) is 0 Å². The van der Waals surface area contributed by atoms with Gasteiger partial charge in [-0.2, -0.15) is 0 Å². The Hall–Kier alpha value is -1.18. The van der Waals surface area contributed by atoms with E-state index in [0.29, 0.717) is 0 Å². The van der Waals surface area contributed by atoms with Crippen molar-refractivity contribution < 1.29 is 36.2 Å². The fourth-order valence-corrected chi connectivity index (χ4v) is 0. The maximum Gasteiger partial charge on any atom is 0.300 e. The third kappa shape index (κ3) is 295. The number of carbonyl (C=O) groups is 2. The van der Waals surface area contributed by atoms with E-state index >= 15 is 0 Å². The van der Waals surface area contributed by atoms with Gasteiger partial charge < -0.3 is 26.6 Å². The van der Waals surface area contributed by atoms with E-state index in [2.05, 4.69) is 0 Å². The minimum atomic E-state index is -0.833. The normalized spacial score (nSPS) is 4.55. The van der Waals surface area contributed by atoms with Crippen molar-refractivity contribution in [3.8, 4) is 0 Å². The largest absolute Gasteiger partial charge is 0.481 e. The molecule has 0 aromatic carbocycles. The van der Waals surface area contributed by atoms with E-state index in [1.165, 1.54) is 0 Å². The van der Waals surface area contributed by atoms with Gasteiger partial charge in [0.2, 0.25) is 0 Å². The molecule has 7 nitrogen and oxygen atoms in total. The predicted octanol–water partition coefficient (Wildman–Crippen LogP) is -2.29. The molecule has 0 amide bonds. The zero-order valence-electron chi connectivity index (χ0n) is 6.21. The summed E-state index contributed by atoms with van der Waals surface area (Å²) in [4.78, 5) is 18.0. The zero-order chi connectivity index (χ0) is 7.15. The Morgan fingerprint density at radius 2 is 0.818 bits per heavy atom. The molecule has 0 bridgehead atoms. The van der Waals surface area contributed by atoms with Crippen LogP contribution >= 0.6 is 0 Å². The topological polar surface area (TPSA) is 169 Å². The average Bonchev–Trinajstić information content (AvgIpc) is 1.25. The lowest BCUT2D eigenvalue weighted by molar-refractivity contribution is -0.135. The molecule has 0 rings (SSSR count). The predicted molar refractivity (Wildman–Crippen MR) is 37.5 cm³/mol. The van der Waals surface area contributed by atoms with Gasteiger partial charge in [-0.25, -0.2) is 0 Å². The van der Waals surface area contributed by atoms with E-state index in [0.717, 1.165) is 13.8 Å². The van der Waals surface area contributed by atoms with E-state index < -0.39 is 11.9 Å². The number of carboxylic acid groups (broad SMARTS) is 2. The van der Waals surface area contributed by atoms with E-state index in [9.17, 15) is 0 Å². The maximum atomic E-state index is 9.00. The van der Waals surface area contributed by atoms with Gasteiger partial charge in [0.1, 0.15) is 0 Å². The first-order valence-electron chi connectivity index (χ1n) is 1.86. The molecule has 0 aliphatic heterocycles. The summed E-state index contributed by atoms with van der Waals surface area (Å²) >= 11 is 0. The number of carboxylic acids is 2. The molecule has 0 saturated carbocycles. The summed E-state index contributed by atoms with van der Waals surface area (Å²) in [6, 6.07) is 0. The molecule has 0 fully saturated rings. The summed E-state index contributed by atoms with van der Waals surface area (Å²) in [7, 11) is 0. The van der Waals surface area contributed by atoms with Crippen molar-refractivity contribution in [1.82, 2.24) is 0 Å². The third-order valence-electron chi connectivity index (χ3n) is 0. The Kier molecular flexibility index (Phi) is 69.4. The molecule has 0 aromatic heterocycles. The van der Waals surface area contributed by atoms with Gasteiger partial charge in [0.25, 0.3) is 11.9 Å². The molecule has 0 unspecified atom stereocenters. The quantitative estimate of drug-likeness (QED) is 0.421. The minimum absolute atomic E-state index is 0. The molecule has 0 spiro atoms. The van der Waals surface area contributed by atoms with Crippen LogP contribution in [0.5, 0.6) is 0 Å². The summed E-state index contributed by atoms with van der Waals surface area (Å²) in [5.74, 6) is -1.67. The van der Waals surface area contributed by atoms with Gasteiger partial charge in [-0.05, 0) is 0 Å². The van der Waals surface area contributed by atoms with Crippen molar-refractivity contribution in [1.29, 1.82) is 0 Å². The van der Waals surface area contributed by atoms with Gasteiger partial charge in [0.05, 0.1) is 0 Å². The second kappa shape index (κ2) is 23.2. The van der Waals surface area contributed by atoms with Crippen LogP contribution in [0, 0.1) is 0 Å². The van der Waals surface area contributed by atoms with Gasteiger partial charge >= 0.3 is 0 Å². The van der Waals surface area contributed by atoms with Crippen molar-refractivity contribution in [2.45, 2.75) is 13.8 Å². The number of rotatable bonds is 0. The molecule has 11 heavy (non-hydrogen) atoms. The number of hydrogen-bond acceptors (Lipinski definition) is 2. The van der Waals surface area contributed by atoms with Gasteiger partial charge in [-0.3, -0.25) is 9.59 Å². The first kappa shape index (κ1) is 32.9. The van der Waals surface area contributed by atoms with Crippen LogP contribution in [0.15, 0.2) is 0 Å². The fraction of sp³-hybridized carbons (Fsp3) is 0.500. The van der Waals surface area contributed by atoms with Crippen molar-refractivity contribution in [2.75, 3.05) is 0 Å². The number of hydrogen-bond donors (Lipinski definition) is 2. The van der Waals surface area contributed by atoms with Gasteiger partial charge in [0, 0.05) is 13.8 Å². The molecule has 0 aliphatic carbocycles.